The molecule has 8 heteroatoms. The van der Waals surface area contributed by atoms with Crippen molar-refractivity contribution in [1.29, 1.82) is 0 Å². The molecule has 1 aliphatic rings. The molecule has 0 saturated heterocycles. The minimum atomic E-state index is -0.507. The summed E-state index contributed by atoms with van der Waals surface area (Å²) >= 11 is 1.73. The molecule has 4 aromatic rings. The molecule has 0 radical (unpaired) electrons. The molecule has 6 nitrogen and oxygen atoms in total. The van der Waals surface area contributed by atoms with Gasteiger partial charge < -0.3 is 10.6 Å². The van der Waals surface area contributed by atoms with Crippen molar-refractivity contribution in [1.82, 2.24) is 15.1 Å². The zero-order chi connectivity index (χ0) is 24.9. The summed E-state index contributed by atoms with van der Waals surface area (Å²) in [5, 5.41) is 10.6. The third-order valence-electron chi connectivity index (χ3n) is 6.08. The third-order valence-corrected chi connectivity index (χ3v) is 7.06. The van der Waals surface area contributed by atoms with Crippen LogP contribution < -0.4 is 10.6 Å². The molecule has 0 spiro atoms. The second kappa shape index (κ2) is 10.8. The Morgan fingerprint density at radius 2 is 1.56 bits per heavy atom. The number of halogens is 1. The van der Waals surface area contributed by atoms with Crippen LogP contribution in [0.15, 0.2) is 84.9 Å². The number of aromatic nitrogens is 2. The summed E-state index contributed by atoms with van der Waals surface area (Å²) in [4.78, 5) is 26.4. The monoisotopic (exact) mass is 500 g/mol. The normalized spacial score (nSPS) is 12.4. The molecule has 0 aliphatic carbocycles. The van der Waals surface area contributed by atoms with Crippen LogP contribution >= 0.6 is 11.8 Å². The highest BCUT2D eigenvalue weighted by molar-refractivity contribution is 7.98. The number of rotatable bonds is 8. The average molecular weight is 501 g/mol. The van der Waals surface area contributed by atoms with E-state index in [1.165, 1.54) is 12.1 Å². The van der Waals surface area contributed by atoms with Crippen LogP contribution in [0.5, 0.6) is 0 Å². The van der Waals surface area contributed by atoms with E-state index in [-0.39, 0.29) is 30.7 Å². The van der Waals surface area contributed by atoms with Crippen LogP contribution in [0.2, 0.25) is 0 Å². The molecule has 3 aromatic carbocycles. The van der Waals surface area contributed by atoms with Crippen LogP contribution in [0.25, 0.3) is 0 Å². The van der Waals surface area contributed by atoms with Gasteiger partial charge in [0.1, 0.15) is 18.2 Å². The van der Waals surface area contributed by atoms with Gasteiger partial charge in [-0.15, -0.1) is 0 Å². The fourth-order valence-electron chi connectivity index (χ4n) is 4.29. The van der Waals surface area contributed by atoms with E-state index in [9.17, 15) is 14.0 Å². The third kappa shape index (κ3) is 5.33. The Bertz CT molecular complexity index is 1320. The Kier molecular flexibility index (Phi) is 7.13. The van der Waals surface area contributed by atoms with Crippen LogP contribution in [-0.2, 0) is 34.2 Å². The minimum absolute atomic E-state index is 0.0319. The summed E-state index contributed by atoms with van der Waals surface area (Å²) < 4.78 is 14.7. The first-order valence-corrected chi connectivity index (χ1v) is 12.8. The number of carbonyl (C=O) groups excluding carboxylic acids is 2. The van der Waals surface area contributed by atoms with Gasteiger partial charge in [0, 0.05) is 23.6 Å². The lowest BCUT2D eigenvalue weighted by molar-refractivity contribution is -0.122. The minimum Gasteiger partial charge on any atom is -0.350 e. The maximum atomic E-state index is 13.7. The maximum absolute atomic E-state index is 13.7. The topological polar surface area (TPSA) is 76.0 Å². The van der Waals surface area contributed by atoms with Gasteiger partial charge in [-0.3, -0.25) is 9.59 Å². The van der Waals surface area contributed by atoms with Crippen LogP contribution in [0.3, 0.4) is 0 Å². The van der Waals surface area contributed by atoms with E-state index in [1.54, 1.807) is 28.6 Å². The van der Waals surface area contributed by atoms with Crippen LogP contribution in [0.1, 0.15) is 33.9 Å². The number of nitrogens with one attached hydrogen (secondary N) is 2. The molecular weight excluding hydrogens is 475 g/mol. The van der Waals surface area contributed by atoms with E-state index in [0.29, 0.717) is 5.82 Å². The summed E-state index contributed by atoms with van der Waals surface area (Å²) in [7, 11) is 0. The maximum Gasteiger partial charge on any atom is 0.242 e. The van der Waals surface area contributed by atoms with Crippen molar-refractivity contribution in [3.63, 3.8) is 0 Å². The first-order valence-electron chi connectivity index (χ1n) is 11.7. The molecule has 0 bridgehead atoms. The van der Waals surface area contributed by atoms with Crippen molar-refractivity contribution in [3.8, 4) is 0 Å². The first-order chi connectivity index (χ1) is 17.6. The Balaban J connectivity index is 1.36. The standard InChI is InChI=1S/C28H25FN4O2S/c29-22-13-11-19(12-14-22)15-30-25(34)16-33-27(23-17-36-18-24(23)32-33)31-28(35)26(20-7-3-1-4-8-20)21-9-5-2-6-10-21/h1-14,26H,15-18H2,(H,30,34)(H,31,35). The zero-order valence-electron chi connectivity index (χ0n) is 19.5. The lowest BCUT2D eigenvalue weighted by Gasteiger charge is -2.19. The summed E-state index contributed by atoms with van der Waals surface area (Å²) in [5.41, 5.74) is 4.41. The van der Waals surface area contributed by atoms with E-state index in [2.05, 4.69) is 15.7 Å². The molecule has 0 saturated carbocycles. The fourth-order valence-corrected chi connectivity index (χ4v) is 5.33. The molecule has 2 heterocycles. The van der Waals surface area contributed by atoms with Crippen molar-refractivity contribution in [3.05, 3.63) is 119 Å². The molecule has 2 N–H and O–H groups in total. The van der Waals surface area contributed by atoms with Gasteiger partial charge in [-0.25, -0.2) is 9.07 Å². The quantitative estimate of drug-likeness (QED) is 0.363. The second-order valence-corrected chi connectivity index (χ2v) is 9.56. The molecule has 36 heavy (non-hydrogen) atoms. The van der Waals surface area contributed by atoms with Gasteiger partial charge in [0.05, 0.1) is 11.6 Å². The predicted molar refractivity (Wildman–Crippen MR) is 139 cm³/mol. The average Bonchev–Trinajstić information content (AvgIpc) is 3.47. The van der Waals surface area contributed by atoms with Crippen molar-refractivity contribution >= 4 is 29.4 Å². The Labute approximate surface area is 212 Å². The zero-order valence-corrected chi connectivity index (χ0v) is 20.3. The van der Waals surface area contributed by atoms with Crippen molar-refractivity contribution in [2.24, 2.45) is 0 Å². The lowest BCUT2D eigenvalue weighted by atomic mass is 9.90. The number of hydrogen-bond acceptors (Lipinski definition) is 4. The highest BCUT2D eigenvalue weighted by Crippen LogP contribution is 2.36. The van der Waals surface area contributed by atoms with Gasteiger partial charge in [0.15, 0.2) is 0 Å². The number of thioether (sulfide) groups is 1. The molecule has 0 atom stereocenters. The SMILES string of the molecule is O=C(Cn1nc2c(c1NC(=O)C(c1ccccc1)c1ccccc1)CSC2)NCc1ccc(F)cc1. The van der Waals surface area contributed by atoms with Crippen molar-refractivity contribution in [2.75, 3.05) is 5.32 Å². The molecule has 182 valence electrons. The van der Waals surface area contributed by atoms with E-state index in [4.69, 9.17) is 0 Å². The lowest BCUT2D eigenvalue weighted by Crippen LogP contribution is -2.30. The number of hydrogen-bond donors (Lipinski definition) is 2. The number of anilines is 1. The Hall–Kier alpha value is -3.91. The largest absolute Gasteiger partial charge is 0.350 e. The van der Waals surface area contributed by atoms with Gasteiger partial charge in [-0.2, -0.15) is 16.9 Å². The number of amides is 2. The van der Waals surface area contributed by atoms with Crippen LogP contribution in [-0.4, -0.2) is 21.6 Å². The summed E-state index contributed by atoms with van der Waals surface area (Å²) in [6.45, 7) is 0.248. The summed E-state index contributed by atoms with van der Waals surface area (Å²) in [6.07, 6.45) is 0. The molecular formula is C28H25FN4O2S. The summed E-state index contributed by atoms with van der Waals surface area (Å²) in [6, 6.07) is 25.3. The number of fused-ring (bicyclic) bond motifs is 1. The molecule has 2 amide bonds. The highest BCUT2D eigenvalue weighted by Gasteiger charge is 2.28. The van der Waals surface area contributed by atoms with E-state index in [1.807, 2.05) is 60.7 Å². The number of carbonyl (C=O) groups is 2. The van der Waals surface area contributed by atoms with Gasteiger partial charge in [0.2, 0.25) is 11.8 Å². The molecule has 0 fully saturated rings. The molecule has 1 aromatic heterocycles. The molecule has 0 unspecified atom stereocenters. The van der Waals surface area contributed by atoms with E-state index >= 15 is 0 Å². The Morgan fingerprint density at radius 3 is 2.19 bits per heavy atom. The predicted octanol–water partition coefficient (Wildman–Crippen LogP) is 4.86. The van der Waals surface area contributed by atoms with E-state index < -0.39 is 5.92 Å². The second-order valence-electron chi connectivity index (χ2n) is 8.57. The number of nitrogens with zero attached hydrogens (tertiary/aromatic N) is 2. The summed E-state index contributed by atoms with van der Waals surface area (Å²) in [5.74, 6) is 0.777. The van der Waals surface area contributed by atoms with Crippen molar-refractivity contribution in [2.45, 2.75) is 30.5 Å². The van der Waals surface area contributed by atoms with Crippen molar-refractivity contribution < 1.29 is 14.0 Å². The number of benzene rings is 3. The molecule has 1 aliphatic heterocycles. The van der Waals surface area contributed by atoms with E-state index in [0.717, 1.165) is 39.5 Å². The van der Waals surface area contributed by atoms with Crippen LogP contribution in [0.4, 0.5) is 10.2 Å². The molecule has 5 rings (SSSR count). The van der Waals surface area contributed by atoms with Crippen LogP contribution in [0, 0.1) is 5.82 Å². The van der Waals surface area contributed by atoms with Gasteiger partial charge in [-0.1, -0.05) is 72.8 Å². The fraction of sp³-hybridized carbons (Fsp3) is 0.179. The Morgan fingerprint density at radius 1 is 0.917 bits per heavy atom. The smallest absolute Gasteiger partial charge is 0.242 e. The van der Waals surface area contributed by atoms with Gasteiger partial charge in [-0.05, 0) is 28.8 Å². The van der Waals surface area contributed by atoms with Gasteiger partial charge in [0.25, 0.3) is 0 Å². The van der Waals surface area contributed by atoms with Gasteiger partial charge >= 0.3 is 0 Å². The highest BCUT2D eigenvalue weighted by atomic mass is 32.2. The first kappa shape index (κ1) is 23.8.